The first-order valence-corrected chi connectivity index (χ1v) is 9.04. The number of para-hydroxylation sites is 1. The maximum Gasteiger partial charge on any atom is 0.220 e. The van der Waals surface area contributed by atoms with Gasteiger partial charge in [-0.05, 0) is 31.4 Å². The van der Waals surface area contributed by atoms with E-state index in [4.69, 9.17) is 4.74 Å². The molecule has 5 nitrogen and oxygen atoms in total. The van der Waals surface area contributed by atoms with E-state index >= 15 is 0 Å². The molecule has 26 heavy (non-hydrogen) atoms. The van der Waals surface area contributed by atoms with E-state index in [1.165, 1.54) is 0 Å². The minimum atomic E-state index is -0.0811. The normalized spacial score (nSPS) is 11.3. The molecule has 0 aliphatic heterocycles. The van der Waals surface area contributed by atoms with Gasteiger partial charge in [0, 0.05) is 30.1 Å². The van der Waals surface area contributed by atoms with Crippen molar-refractivity contribution in [3.8, 4) is 5.75 Å². The molecule has 0 bridgehead atoms. The smallest absolute Gasteiger partial charge is 0.220 e. The topological polar surface area (TPSA) is 64.1 Å². The van der Waals surface area contributed by atoms with Crippen LogP contribution in [0, 0.1) is 13.8 Å². The van der Waals surface area contributed by atoms with E-state index in [1.807, 2.05) is 32.0 Å². The second kappa shape index (κ2) is 8.79. The highest BCUT2D eigenvalue weighted by Crippen LogP contribution is 2.23. The maximum atomic E-state index is 12.1. The SMILES string of the molecule is Cc1cccc(C)c1OCCCC(=O)NCc1cncnc1C(C)(C)C. The quantitative estimate of drug-likeness (QED) is 0.766. The van der Waals surface area contributed by atoms with Crippen LogP contribution in [0.1, 0.15) is 56.0 Å². The molecule has 0 spiro atoms. The zero-order valence-electron chi connectivity index (χ0n) is 16.4. The molecular formula is C21H29N3O2. The Hall–Kier alpha value is -2.43. The fourth-order valence-electron chi connectivity index (χ4n) is 2.88. The molecule has 0 unspecified atom stereocenters. The molecule has 0 saturated carbocycles. The first-order valence-electron chi connectivity index (χ1n) is 9.04. The van der Waals surface area contributed by atoms with Crippen molar-refractivity contribution in [1.29, 1.82) is 0 Å². The van der Waals surface area contributed by atoms with E-state index < -0.39 is 0 Å². The average molecular weight is 355 g/mol. The van der Waals surface area contributed by atoms with Crippen LogP contribution in [0.25, 0.3) is 0 Å². The van der Waals surface area contributed by atoms with E-state index in [0.29, 0.717) is 26.0 Å². The first-order chi connectivity index (χ1) is 12.3. The number of aryl methyl sites for hydroxylation is 2. The second-order valence-corrected chi connectivity index (χ2v) is 7.60. The average Bonchev–Trinajstić information content (AvgIpc) is 2.58. The number of hydrogen-bond acceptors (Lipinski definition) is 4. The van der Waals surface area contributed by atoms with Gasteiger partial charge in [0.15, 0.2) is 0 Å². The minimum absolute atomic E-state index is 0.0128. The highest BCUT2D eigenvalue weighted by atomic mass is 16.5. The Labute approximate surface area is 156 Å². The van der Waals surface area contributed by atoms with Gasteiger partial charge >= 0.3 is 0 Å². The van der Waals surface area contributed by atoms with Gasteiger partial charge < -0.3 is 10.1 Å². The van der Waals surface area contributed by atoms with Gasteiger partial charge in [-0.15, -0.1) is 0 Å². The van der Waals surface area contributed by atoms with Crippen molar-refractivity contribution < 1.29 is 9.53 Å². The fourth-order valence-corrected chi connectivity index (χ4v) is 2.88. The summed E-state index contributed by atoms with van der Waals surface area (Å²) in [5.41, 5.74) is 4.08. The van der Waals surface area contributed by atoms with Crippen LogP contribution in [0.15, 0.2) is 30.7 Å². The van der Waals surface area contributed by atoms with Crippen molar-refractivity contribution in [2.24, 2.45) is 0 Å². The Morgan fingerprint density at radius 2 is 1.88 bits per heavy atom. The third-order valence-electron chi connectivity index (χ3n) is 4.18. The third kappa shape index (κ3) is 5.55. The van der Waals surface area contributed by atoms with Crippen molar-refractivity contribution in [3.63, 3.8) is 0 Å². The monoisotopic (exact) mass is 355 g/mol. The molecule has 1 aromatic heterocycles. The van der Waals surface area contributed by atoms with Crippen LogP contribution in [0.2, 0.25) is 0 Å². The van der Waals surface area contributed by atoms with Gasteiger partial charge in [-0.3, -0.25) is 4.79 Å². The standard InChI is InChI=1S/C21H29N3O2/c1-15-8-6-9-16(2)19(15)26-11-7-10-18(25)23-13-17-12-22-14-24-20(17)21(3,4)5/h6,8-9,12,14H,7,10-11,13H2,1-5H3,(H,23,25). The molecule has 1 N–H and O–H groups in total. The lowest BCUT2D eigenvalue weighted by molar-refractivity contribution is -0.121. The number of nitrogens with one attached hydrogen (secondary N) is 1. The number of rotatable bonds is 7. The molecule has 1 heterocycles. The Morgan fingerprint density at radius 1 is 1.19 bits per heavy atom. The Kier molecular flexibility index (Phi) is 6.72. The maximum absolute atomic E-state index is 12.1. The molecule has 0 fully saturated rings. The molecular weight excluding hydrogens is 326 g/mol. The first kappa shape index (κ1) is 19.9. The van der Waals surface area contributed by atoms with Gasteiger partial charge in [0.1, 0.15) is 12.1 Å². The molecule has 1 aromatic carbocycles. The van der Waals surface area contributed by atoms with Gasteiger partial charge in [0.25, 0.3) is 0 Å². The van der Waals surface area contributed by atoms with Crippen molar-refractivity contribution in [2.75, 3.05) is 6.61 Å². The highest BCUT2D eigenvalue weighted by Gasteiger charge is 2.19. The van der Waals surface area contributed by atoms with Gasteiger partial charge in [0.05, 0.1) is 12.3 Å². The fraction of sp³-hybridized carbons (Fsp3) is 0.476. The molecule has 0 aliphatic rings. The van der Waals surface area contributed by atoms with Crippen molar-refractivity contribution in [2.45, 2.75) is 59.4 Å². The molecule has 0 atom stereocenters. The lowest BCUT2D eigenvalue weighted by atomic mass is 9.89. The van der Waals surface area contributed by atoms with Crippen LogP contribution in [-0.4, -0.2) is 22.5 Å². The molecule has 0 saturated heterocycles. The summed E-state index contributed by atoms with van der Waals surface area (Å²) in [6.07, 6.45) is 4.44. The zero-order chi connectivity index (χ0) is 19.2. The van der Waals surface area contributed by atoms with Gasteiger partial charge in [0.2, 0.25) is 5.91 Å². The summed E-state index contributed by atoms with van der Waals surface area (Å²) >= 11 is 0. The summed E-state index contributed by atoms with van der Waals surface area (Å²) in [6, 6.07) is 6.08. The van der Waals surface area contributed by atoms with Crippen molar-refractivity contribution in [1.82, 2.24) is 15.3 Å². The summed E-state index contributed by atoms with van der Waals surface area (Å²) in [5.74, 6) is 0.933. The molecule has 1 amide bonds. The molecule has 140 valence electrons. The highest BCUT2D eigenvalue weighted by molar-refractivity contribution is 5.75. The summed E-state index contributed by atoms with van der Waals surface area (Å²) in [7, 11) is 0. The Morgan fingerprint density at radius 3 is 2.54 bits per heavy atom. The Balaban J connectivity index is 1.78. The van der Waals surface area contributed by atoms with Gasteiger partial charge in [-0.1, -0.05) is 39.0 Å². The number of carbonyl (C=O) groups excluding carboxylic acids is 1. The lowest BCUT2D eigenvalue weighted by Gasteiger charge is -2.21. The van der Waals surface area contributed by atoms with Crippen LogP contribution in [-0.2, 0) is 16.8 Å². The van der Waals surface area contributed by atoms with Crippen molar-refractivity contribution in [3.05, 3.63) is 53.1 Å². The number of carbonyl (C=O) groups is 1. The summed E-state index contributed by atoms with van der Waals surface area (Å²) < 4.78 is 5.84. The van der Waals surface area contributed by atoms with E-state index in [0.717, 1.165) is 28.1 Å². The van der Waals surface area contributed by atoms with Crippen LogP contribution in [0.5, 0.6) is 5.75 Å². The number of nitrogens with zero attached hydrogens (tertiary/aromatic N) is 2. The Bertz CT molecular complexity index is 731. The van der Waals surface area contributed by atoms with E-state index in [2.05, 4.69) is 36.1 Å². The summed E-state index contributed by atoms with van der Waals surface area (Å²) in [5, 5.41) is 2.96. The number of hydrogen-bond donors (Lipinski definition) is 1. The number of ether oxygens (including phenoxy) is 1. The summed E-state index contributed by atoms with van der Waals surface area (Å²) in [4.78, 5) is 20.6. The van der Waals surface area contributed by atoms with E-state index in [9.17, 15) is 4.79 Å². The second-order valence-electron chi connectivity index (χ2n) is 7.60. The van der Waals surface area contributed by atoms with E-state index in [-0.39, 0.29) is 11.3 Å². The molecule has 2 aromatic rings. The zero-order valence-corrected chi connectivity index (χ0v) is 16.4. The largest absolute Gasteiger partial charge is 0.493 e. The number of amides is 1. The predicted octanol–water partition coefficient (Wildman–Crippen LogP) is 3.87. The number of aromatic nitrogens is 2. The number of benzene rings is 1. The molecule has 0 radical (unpaired) electrons. The van der Waals surface area contributed by atoms with Crippen LogP contribution in [0.3, 0.4) is 0 Å². The molecule has 2 rings (SSSR count). The minimum Gasteiger partial charge on any atom is -0.493 e. The van der Waals surface area contributed by atoms with Crippen LogP contribution in [0.4, 0.5) is 0 Å². The van der Waals surface area contributed by atoms with Crippen LogP contribution >= 0.6 is 0 Å². The molecule has 0 aliphatic carbocycles. The molecule has 5 heteroatoms. The predicted molar refractivity (Wildman–Crippen MR) is 103 cm³/mol. The van der Waals surface area contributed by atoms with Gasteiger partial charge in [-0.25, -0.2) is 9.97 Å². The summed E-state index contributed by atoms with van der Waals surface area (Å²) in [6.45, 7) is 11.3. The van der Waals surface area contributed by atoms with Gasteiger partial charge in [-0.2, -0.15) is 0 Å². The van der Waals surface area contributed by atoms with Crippen LogP contribution < -0.4 is 10.1 Å². The van der Waals surface area contributed by atoms with E-state index in [1.54, 1.807) is 12.5 Å². The van der Waals surface area contributed by atoms with Crippen molar-refractivity contribution >= 4 is 5.91 Å². The third-order valence-corrected chi connectivity index (χ3v) is 4.18. The lowest BCUT2D eigenvalue weighted by Crippen LogP contribution is -2.26.